The van der Waals surface area contributed by atoms with Gasteiger partial charge < -0.3 is 14.8 Å². The van der Waals surface area contributed by atoms with Crippen molar-refractivity contribution in [2.75, 3.05) is 13.6 Å². The first-order valence-electron chi connectivity index (χ1n) is 7.73. The van der Waals surface area contributed by atoms with Crippen LogP contribution in [0.15, 0.2) is 0 Å². The maximum absolute atomic E-state index is 4.80. The summed E-state index contributed by atoms with van der Waals surface area (Å²) in [5, 5.41) is 3.44. The Morgan fingerprint density at radius 1 is 1.16 bits per heavy atom. The third kappa shape index (κ3) is 1.77. The van der Waals surface area contributed by atoms with Crippen LogP contribution in [0.1, 0.15) is 48.9 Å². The number of hydrogen-bond acceptors (Lipinski definition) is 3. The van der Waals surface area contributed by atoms with Gasteiger partial charge in [0.05, 0.1) is 5.69 Å². The van der Waals surface area contributed by atoms with E-state index >= 15 is 0 Å². The van der Waals surface area contributed by atoms with Crippen LogP contribution in [0.5, 0.6) is 0 Å². The molecule has 3 aliphatic rings. The highest BCUT2D eigenvalue weighted by Gasteiger charge is 2.40. The minimum Gasteiger partial charge on any atom is -0.329 e. The van der Waals surface area contributed by atoms with Crippen LogP contribution in [0.3, 0.4) is 0 Å². The van der Waals surface area contributed by atoms with Crippen molar-refractivity contribution in [2.45, 2.75) is 63.7 Å². The summed E-state index contributed by atoms with van der Waals surface area (Å²) in [5.41, 5.74) is 2.82. The number of rotatable bonds is 1. The third-order valence-electron chi connectivity index (χ3n) is 5.54. The van der Waals surface area contributed by atoms with E-state index in [9.17, 15) is 0 Å². The van der Waals surface area contributed by atoms with Crippen LogP contribution in [0.25, 0.3) is 0 Å². The summed E-state index contributed by atoms with van der Waals surface area (Å²) < 4.78 is 2.59. The van der Waals surface area contributed by atoms with Crippen molar-refractivity contribution in [2.24, 2.45) is 0 Å². The first kappa shape index (κ1) is 11.9. The number of nitrogens with one attached hydrogen (secondary N) is 1. The number of nitrogens with zero attached hydrogens (tertiary/aromatic N) is 3. The molecule has 4 heteroatoms. The van der Waals surface area contributed by atoms with Gasteiger partial charge in [0.2, 0.25) is 0 Å². The average molecular weight is 260 g/mol. The molecule has 4 heterocycles. The summed E-state index contributed by atoms with van der Waals surface area (Å²) in [6.45, 7) is 4.26. The molecule has 2 saturated heterocycles. The van der Waals surface area contributed by atoms with E-state index in [0.29, 0.717) is 6.04 Å². The van der Waals surface area contributed by atoms with E-state index in [2.05, 4.69) is 28.8 Å². The Bertz CT molecular complexity index is 479. The number of imidazole rings is 1. The summed E-state index contributed by atoms with van der Waals surface area (Å²) in [6.07, 6.45) is 6.59. The Hall–Kier alpha value is -0.870. The zero-order valence-corrected chi connectivity index (χ0v) is 12.0. The molecular formula is C15H24N4. The first-order valence-corrected chi connectivity index (χ1v) is 7.73. The molecule has 0 radical (unpaired) electrons. The van der Waals surface area contributed by atoms with Gasteiger partial charge in [0.25, 0.3) is 0 Å². The molecule has 19 heavy (non-hydrogen) atoms. The summed E-state index contributed by atoms with van der Waals surface area (Å²) in [4.78, 5) is 7.42. The van der Waals surface area contributed by atoms with E-state index in [4.69, 9.17) is 4.98 Å². The normalized spacial score (nSPS) is 34.5. The summed E-state index contributed by atoms with van der Waals surface area (Å²) in [7, 11) is 2.32. The van der Waals surface area contributed by atoms with E-state index in [-0.39, 0.29) is 0 Å². The molecule has 104 valence electrons. The van der Waals surface area contributed by atoms with Gasteiger partial charge in [-0.05, 0) is 39.7 Å². The number of aromatic nitrogens is 2. The number of piperidine rings is 1. The van der Waals surface area contributed by atoms with Gasteiger partial charge >= 0.3 is 0 Å². The van der Waals surface area contributed by atoms with Gasteiger partial charge in [-0.25, -0.2) is 4.98 Å². The second kappa shape index (κ2) is 4.32. The van der Waals surface area contributed by atoms with E-state index < -0.39 is 0 Å². The van der Waals surface area contributed by atoms with Gasteiger partial charge in [0.15, 0.2) is 0 Å². The number of hydrogen-bond donors (Lipinski definition) is 1. The molecule has 0 spiro atoms. The van der Waals surface area contributed by atoms with Gasteiger partial charge in [0, 0.05) is 43.3 Å². The van der Waals surface area contributed by atoms with E-state index in [1.54, 1.807) is 0 Å². The van der Waals surface area contributed by atoms with Crippen LogP contribution in [0.2, 0.25) is 0 Å². The standard InChI is InChI=1S/C15H24N4/c1-10-17-14-9-16-6-5-15(14)19(10)13-7-11-3-4-12(8-13)18(11)2/h11-13,16H,3-9H2,1-2H3/t11-,12+,13?. The Balaban J connectivity index is 1.68. The molecule has 1 aromatic rings. The summed E-state index contributed by atoms with van der Waals surface area (Å²) >= 11 is 0. The molecule has 3 atom stereocenters. The maximum atomic E-state index is 4.80. The van der Waals surface area contributed by atoms with Crippen LogP contribution in [0.4, 0.5) is 0 Å². The largest absolute Gasteiger partial charge is 0.329 e. The van der Waals surface area contributed by atoms with Crippen LogP contribution in [-0.4, -0.2) is 40.1 Å². The second-order valence-corrected chi connectivity index (χ2v) is 6.52. The topological polar surface area (TPSA) is 33.1 Å². The summed E-state index contributed by atoms with van der Waals surface area (Å²) in [6, 6.07) is 2.31. The highest BCUT2D eigenvalue weighted by Crippen LogP contribution is 2.41. The highest BCUT2D eigenvalue weighted by molar-refractivity contribution is 5.21. The lowest BCUT2D eigenvalue weighted by atomic mass is 9.97. The molecule has 0 saturated carbocycles. The quantitative estimate of drug-likeness (QED) is 0.833. The molecule has 3 aliphatic heterocycles. The molecule has 1 aromatic heterocycles. The molecule has 0 aliphatic carbocycles. The predicted molar refractivity (Wildman–Crippen MR) is 75.2 cm³/mol. The number of fused-ring (bicyclic) bond motifs is 3. The van der Waals surface area contributed by atoms with Crippen molar-refractivity contribution < 1.29 is 0 Å². The Morgan fingerprint density at radius 3 is 2.63 bits per heavy atom. The van der Waals surface area contributed by atoms with Crippen molar-refractivity contribution in [3.8, 4) is 0 Å². The van der Waals surface area contributed by atoms with E-state index in [1.165, 1.54) is 42.9 Å². The minimum absolute atomic E-state index is 0.697. The van der Waals surface area contributed by atoms with Crippen molar-refractivity contribution in [3.05, 3.63) is 17.2 Å². The molecule has 2 bridgehead atoms. The molecule has 0 amide bonds. The fraction of sp³-hybridized carbons (Fsp3) is 0.800. The summed E-state index contributed by atoms with van der Waals surface area (Å²) in [5.74, 6) is 1.24. The number of aryl methyl sites for hydroxylation is 1. The lowest BCUT2D eigenvalue weighted by Gasteiger charge is -2.38. The lowest BCUT2D eigenvalue weighted by Crippen LogP contribution is -2.41. The third-order valence-corrected chi connectivity index (χ3v) is 5.54. The Morgan fingerprint density at radius 2 is 1.89 bits per heavy atom. The fourth-order valence-electron chi connectivity index (χ4n) is 4.55. The fourth-order valence-corrected chi connectivity index (χ4v) is 4.55. The molecule has 2 fully saturated rings. The van der Waals surface area contributed by atoms with Crippen LogP contribution >= 0.6 is 0 Å². The first-order chi connectivity index (χ1) is 9.24. The molecule has 4 rings (SSSR count). The highest BCUT2D eigenvalue weighted by atomic mass is 15.2. The van der Waals surface area contributed by atoms with Crippen LogP contribution in [-0.2, 0) is 13.0 Å². The van der Waals surface area contributed by atoms with Gasteiger partial charge in [-0.2, -0.15) is 0 Å². The molecule has 1 N–H and O–H groups in total. The molecule has 0 aromatic carbocycles. The maximum Gasteiger partial charge on any atom is 0.106 e. The van der Waals surface area contributed by atoms with Crippen molar-refractivity contribution in [1.82, 2.24) is 19.8 Å². The molecule has 4 nitrogen and oxygen atoms in total. The monoisotopic (exact) mass is 260 g/mol. The van der Waals surface area contributed by atoms with Crippen molar-refractivity contribution in [3.63, 3.8) is 0 Å². The second-order valence-electron chi connectivity index (χ2n) is 6.52. The van der Waals surface area contributed by atoms with Gasteiger partial charge in [-0.1, -0.05) is 0 Å². The smallest absolute Gasteiger partial charge is 0.106 e. The average Bonchev–Trinajstić information content (AvgIpc) is 2.82. The molecular weight excluding hydrogens is 236 g/mol. The van der Waals surface area contributed by atoms with Crippen LogP contribution < -0.4 is 5.32 Å². The van der Waals surface area contributed by atoms with E-state index in [0.717, 1.165) is 31.6 Å². The van der Waals surface area contributed by atoms with Gasteiger partial charge in [0.1, 0.15) is 5.82 Å². The minimum atomic E-state index is 0.697. The molecule has 1 unspecified atom stereocenters. The SMILES string of the molecule is Cc1nc2c(n1C1C[C@H]3CC[C@@H](C1)N3C)CCNC2. The van der Waals surface area contributed by atoms with Crippen molar-refractivity contribution >= 4 is 0 Å². The predicted octanol–water partition coefficient (Wildman–Crippen LogP) is 1.63. The van der Waals surface area contributed by atoms with Gasteiger partial charge in [-0.15, -0.1) is 0 Å². The van der Waals surface area contributed by atoms with Gasteiger partial charge in [-0.3, -0.25) is 0 Å². The van der Waals surface area contributed by atoms with Crippen molar-refractivity contribution in [1.29, 1.82) is 0 Å². The van der Waals surface area contributed by atoms with E-state index in [1.807, 2.05) is 0 Å². The van der Waals surface area contributed by atoms with Crippen LogP contribution in [0, 0.1) is 6.92 Å². The zero-order valence-electron chi connectivity index (χ0n) is 12.0. The Labute approximate surface area is 115 Å². The zero-order chi connectivity index (χ0) is 13.0. The lowest BCUT2D eigenvalue weighted by molar-refractivity contribution is 0.135. The Kier molecular flexibility index (Phi) is 2.71.